The third-order valence-electron chi connectivity index (χ3n) is 10.8. The first kappa shape index (κ1) is 30.4. The van der Waals surface area contributed by atoms with Crippen LogP contribution in [0.15, 0.2) is 152 Å². The SMILES string of the molecule is C=CC(=O)Oc1ccc(C2(c3ccc(OC(=O)C4CC5c6ccccc6C4c4ccc(Cl)cc45)cc3)c3ccccc3-c3ccccc32)cc1. The van der Waals surface area contributed by atoms with Crippen LogP contribution in [0.3, 0.4) is 0 Å². The van der Waals surface area contributed by atoms with Gasteiger partial charge >= 0.3 is 11.9 Å². The van der Waals surface area contributed by atoms with Crippen LogP contribution < -0.4 is 9.47 Å². The molecule has 3 unspecified atom stereocenters. The number of carbonyl (C=O) groups excluding carboxylic acids is 2. The molecule has 0 radical (unpaired) electrons. The van der Waals surface area contributed by atoms with E-state index in [1.165, 1.54) is 16.7 Å². The average molecular weight is 671 g/mol. The lowest BCUT2D eigenvalue weighted by Crippen LogP contribution is -2.38. The smallest absolute Gasteiger partial charge is 0.335 e. The van der Waals surface area contributed by atoms with Crippen molar-refractivity contribution >= 4 is 23.5 Å². The maximum Gasteiger partial charge on any atom is 0.335 e. The lowest BCUT2D eigenvalue weighted by molar-refractivity contribution is -0.140. The maximum atomic E-state index is 14.0. The fraction of sp³-hybridized carbons (Fsp3) is 0.111. The lowest BCUT2D eigenvalue weighted by atomic mass is 9.59. The van der Waals surface area contributed by atoms with Crippen LogP contribution in [-0.2, 0) is 15.0 Å². The van der Waals surface area contributed by atoms with Gasteiger partial charge in [0.2, 0.25) is 0 Å². The van der Waals surface area contributed by atoms with Crippen molar-refractivity contribution in [2.75, 3.05) is 0 Å². The van der Waals surface area contributed by atoms with Gasteiger partial charge in [0, 0.05) is 22.9 Å². The zero-order chi connectivity index (χ0) is 34.0. The zero-order valence-corrected chi connectivity index (χ0v) is 27.8. The lowest BCUT2D eigenvalue weighted by Gasteiger charge is -2.44. The molecule has 2 bridgehead atoms. The number of carbonyl (C=O) groups is 2. The van der Waals surface area contributed by atoms with E-state index in [-0.39, 0.29) is 23.7 Å². The number of halogens is 1. The van der Waals surface area contributed by atoms with Crippen LogP contribution in [0, 0.1) is 5.92 Å². The Morgan fingerprint density at radius 3 is 1.80 bits per heavy atom. The van der Waals surface area contributed by atoms with Crippen molar-refractivity contribution in [3.8, 4) is 22.6 Å². The van der Waals surface area contributed by atoms with Crippen LogP contribution >= 0.6 is 11.6 Å². The Bertz CT molecular complexity index is 2290. The van der Waals surface area contributed by atoms with E-state index < -0.39 is 11.4 Å². The molecule has 5 heteroatoms. The minimum atomic E-state index is -0.659. The van der Waals surface area contributed by atoms with Crippen molar-refractivity contribution in [3.63, 3.8) is 0 Å². The van der Waals surface area contributed by atoms with Crippen LogP contribution in [0.5, 0.6) is 11.5 Å². The molecule has 0 spiro atoms. The third kappa shape index (κ3) is 4.52. The molecule has 3 atom stereocenters. The first-order valence-electron chi connectivity index (χ1n) is 16.8. The number of fused-ring (bicyclic) bond motifs is 4. The molecule has 6 aromatic rings. The van der Waals surface area contributed by atoms with E-state index in [0.29, 0.717) is 22.9 Å². The molecular weight excluding hydrogens is 640 g/mol. The molecule has 4 aliphatic carbocycles. The van der Waals surface area contributed by atoms with Crippen molar-refractivity contribution in [2.45, 2.75) is 23.7 Å². The number of benzene rings is 6. The maximum absolute atomic E-state index is 14.0. The normalized spacial score (nSPS) is 18.6. The van der Waals surface area contributed by atoms with Gasteiger partial charge in [0.25, 0.3) is 0 Å². The highest BCUT2D eigenvalue weighted by atomic mass is 35.5. The van der Waals surface area contributed by atoms with Gasteiger partial charge in [-0.2, -0.15) is 0 Å². The molecule has 0 heterocycles. The Kier molecular flexibility index (Phi) is 7.11. The molecule has 0 aliphatic heterocycles. The van der Waals surface area contributed by atoms with Crippen LogP contribution in [-0.4, -0.2) is 11.9 Å². The summed E-state index contributed by atoms with van der Waals surface area (Å²) in [4.78, 5) is 26.0. The van der Waals surface area contributed by atoms with E-state index in [9.17, 15) is 9.59 Å². The third-order valence-corrected chi connectivity index (χ3v) is 11.0. The van der Waals surface area contributed by atoms with Crippen LogP contribution in [0.2, 0.25) is 5.02 Å². The Hall–Kier alpha value is -5.71. The molecule has 0 N–H and O–H groups in total. The van der Waals surface area contributed by atoms with Gasteiger partial charge in [-0.1, -0.05) is 121 Å². The topological polar surface area (TPSA) is 52.6 Å². The second-order valence-corrected chi connectivity index (χ2v) is 13.6. The van der Waals surface area contributed by atoms with Gasteiger partial charge in [0.05, 0.1) is 11.3 Å². The van der Waals surface area contributed by atoms with E-state index in [4.69, 9.17) is 21.1 Å². The summed E-state index contributed by atoms with van der Waals surface area (Å²) in [7, 11) is 0. The van der Waals surface area contributed by atoms with E-state index in [1.807, 2.05) is 48.5 Å². The molecule has 4 nitrogen and oxygen atoms in total. The van der Waals surface area contributed by atoms with Crippen LogP contribution in [0.4, 0.5) is 0 Å². The molecule has 0 aromatic heterocycles. The summed E-state index contributed by atoms with van der Waals surface area (Å²) in [5, 5.41) is 0.713. The zero-order valence-electron chi connectivity index (χ0n) is 27.0. The summed E-state index contributed by atoms with van der Waals surface area (Å²) < 4.78 is 11.6. The second kappa shape index (κ2) is 11.7. The van der Waals surface area contributed by atoms with Crippen molar-refractivity contribution in [3.05, 3.63) is 202 Å². The number of rotatable bonds is 6. The molecule has 242 valence electrons. The fourth-order valence-electron chi connectivity index (χ4n) is 8.81. The van der Waals surface area contributed by atoms with Gasteiger partial charge in [0.15, 0.2) is 0 Å². The molecule has 6 aromatic carbocycles. The molecule has 0 fully saturated rings. The van der Waals surface area contributed by atoms with E-state index in [1.54, 1.807) is 0 Å². The van der Waals surface area contributed by atoms with Crippen molar-refractivity contribution in [1.82, 2.24) is 0 Å². The molecule has 4 aliphatic rings. The molecule has 0 saturated carbocycles. The molecule has 50 heavy (non-hydrogen) atoms. The highest BCUT2D eigenvalue weighted by molar-refractivity contribution is 6.30. The van der Waals surface area contributed by atoms with Crippen molar-refractivity contribution < 1.29 is 19.1 Å². The molecule has 0 saturated heterocycles. The highest BCUT2D eigenvalue weighted by Gasteiger charge is 2.48. The fourth-order valence-corrected chi connectivity index (χ4v) is 8.99. The first-order chi connectivity index (χ1) is 24.5. The Labute approximate surface area is 295 Å². The quantitative estimate of drug-likeness (QED) is 0.100. The van der Waals surface area contributed by atoms with Gasteiger partial charge in [-0.3, -0.25) is 4.79 Å². The minimum Gasteiger partial charge on any atom is -0.426 e. The predicted octanol–water partition coefficient (Wildman–Crippen LogP) is 10.00. The van der Waals surface area contributed by atoms with Gasteiger partial charge in [0.1, 0.15) is 11.5 Å². The Morgan fingerprint density at radius 1 is 0.640 bits per heavy atom. The summed E-state index contributed by atoms with van der Waals surface area (Å²) in [5.41, 5.74) is 10.9. The van der Waals surface area contributed by atoms with Gasteiger partial charge in [-0.05, 0) is 98.5 Å². The monoisotopic (exact) mass is 670 g/mol. The number of hydrogen-bond acceptors (Lipinski definition) is 4. The van der Waals surface area contributed by atoms with Crippen molar-refractivity contribution in [2.24, 2.45) is 5.92 Å². The van der Waals surface area contributed by atoms with Crippen molar-refractivity contribution in [1.29, 1.82) is 0 Å². The standard InChI is InChI=1S/C45H31ClO4/c1-2-42(47)49-30-20-15-27(16-21-30)45(40-13-7-5-10-33(40)34-11-6-8-14-41(34)45)28-17-22-31(23-18-28)50-44(48)39-26-38-32-9-3-4-12-35(32)43(39)36-24-19-29(46)25-37(36)38/h2-25,38-39,43H,1,26H2. The number of esters is 2. The largest absolute Gasteiger partial charge is 0.426 e. The van der Waals surface area contributed by atoms with E-state index in [2.05, 4.69) is 97.6 Å². The second-order valence-electron chi connectivity index (χ2n) is 13.2. The number of hydrogen-bond donors (Lipinski definition) is 0. The summed E-state index contributed by atoms with van der Waals surface area (Å²) in [5.74, 6) is -0.0760. The van der Waals surface area contributed by atoms with Gasteiger partial charge in [-0.15, -0.1) is 0 Å². The Morgan fingerprint density at radius 2 is 1.18 bits per heavy atom. The number of ether oxygens (including phenoxy) is 2. The minimum absolute atomic E-state index is 0.0845. The van der Waals surface area contributed by atoms with E-state index >= 15 is 0 Å². The molecular formula is C45H31ClO4. The predicted molar refractivity (Wildman–Crippen MR) is 195 cm³/mol. The Balaban J connectivity index is 1.09. The summed E-state index contributed by atoms with van der Waals surface area (Å²) >= 11 is 6.43. The van der Waals surface area contributed by atoms with Crippen LogP contribution in [0.1, 0.15) is 62.8 Å². The molecule has 10 rings (SSSR count). The average Bonchev–Trinajstić information content (AvgIpc) is 3.46. The molecule has 0 amide bonds. The van der Waals surface area contributed by atoms with E-state index in [0.717, 1.165) is 45.0 Å². The summed E-state index contributed by atoms with van der Waals surface area (Å²) in [6.07, 6.45) is 1.83. The summed E-state index contributed by atoms with van der Waals surface area (Å²) in [6, 6.07) is 47.0. The highest BCUT2D eigenvalue weighted by Crippen LogP contribution is 2.57. The first-order valence-corrected chi connectivity index (χ1v) is 17.2. The summed E-state index contributed by atoms with van der Waals surface area (Å²) in [6.45, 7) is 3.51. The van der Waals surface area contributed by atoms with Gasteiger partial charge < -0.3 is 9.47 Å². The van der Waals surface area contributed by atoms with Crippen LogP contribution in [0.25, 0.3) is 11.1 Å². The van der Waals surface area contributed by atoms with Gasteiger partial charge in [-0.25, -0.2) is 4.79 Å².